The summed E-state index contributed by atoms with van der Waals surface area (Å²) in [4.78, 5) is 25.3. The molecule has 0 bridgehead atoms. The number of rotatable bonds is 15. The van der Waals surface area contributed by atoms with Gasteiger partial charge in [0.05, 0.1) is 36.1 Å². The molecule has 0 spiro atoms. The number of aromatic nitrogens is 4. The molecule has 1 atom stereocenters. The number of thiazole rings is 2. The van der Waals surface area contributed by atoms with Crippen LogP contribution in [0.5, 0.6) is 5.75 Å². The molecule has 0 aliphatic carbocycles. The van der Waals surface area contributed by atoms with E-state index in [1.54, 1.807) is 17.0 Å². The van der Waals surface area contributed by atoms with Crippen molar-refractivity contribution in [3.63, 3.8) is 0 Å². The summed E-state index contributed by atoms with van der Waals surface area (Å²) in [5.74, 6) is 5.15. The predicted octanol–water partition coefficient (Wildman–Crippen LogP) is 5.24. The number of aliphatic hydroxyl groups excluding tert-OH is 2. The van der Waals surface area contributed by atoms with Gasteiger partial charge in [-0.15, -0.1) is 21.5 Å². The maximum absolute atomic E-state index is 14.6. The SMILES string of the molecule is Cc1cc(N(CCC(O)CO)c2nc(C(=O)O)c(CCCOc3ccc(C#CCN(C)C)cc3F)s2)nnc1Nc1nc2ccccc2s1. The second-order valence-corrected chi connectivity index (χ2v) is 13.4. The summed E-state index contributed by atoms with van der Waals surface area (Å²) in [7, 11) is 3.80. The number of carboxylic acid groups (broad SMARTS) is 1. The number of ether oxygens (including phenoxy) is 1. The fraction of sp³-hybridized carbons (Fsp3) is 0.324. The van der Waals surface area contributed by atoms with Gasteiger partial charge in [-0.05, 0) is 82.2 Å². The van der Waals surface area contributed by atoms with Gasteiger partial charge in [0.2, 0.25) is 0 Å². The van der Waals surface area contributed by atoms with E-state index in [4.69, 9.17) is 4.74 Å². The number of nitrogens with one attached hydrogen (secondary N) is 1. The van der Waals surface area contributed by atoms with Gasteiger partial charge in [0.25, 0.3) is 0 Å². The van der Waals surface area contributed by atoms with Crippen LogP contribution in [0.2, 0.25) is 0 Å². The Kier molecular flexibility index (Phi) is 12.1. The van der Waals surface area contributed by atoms with Crippen molar-refractivity contribution in [3.8, 4) is 17.6 Å². The lowest BCUT2D eigenvalue weighted by Gasteiger charge is -2.22. The Hall–Kier alpha value is -4.72. The summed E-state index contributed by atoms with van der Waals surface area (Å²) >= 11 is 2.67. The molecular formula is C34H36FN7O5S2. The van der Waals surface area contributed by atoms with Gasteiger partial charge in [-0.3, -0.25) is 4.90 Å². The van der Waals surface area contributed by atoms with E-state index in [9.17, 15) is 24.5 Å². The van der Waals surface area contributed by atoms with Gasteiger partial charge in [-0.25, -0.2) is 19.2 Å². The molecule has 49 heavy (non-hydrogen) atoms. The van der Waals surface area contributed by atoms with Gasteiger partial charge in [0.15, 0.2) is 39.2 Å². The topological polar surface area (TPSA) is 157 Å². The molecule has 3 aromatic heterocycles. The molecule has 0 radical (unpaired) electrons. The Balaban J connectivity index is 1.30. The van der Waals surface area contributed by atoms with Crippen molar-refractivity contribution in [2.75, 3.05) is 50.6 Å². The van der Waals surface area contributed by atoms with Crippen LogP contribution < -0.4 is 15.0 Å². The Morgan fingerprint density at radius 1 is 1.12 bits per heavy atom. The normalized spacial score (nSPS) is 11.7. The molecule has 0 aliphatic rings. The molecule has 5 rings (SSSR count). The minimum absolute atomic E-state index is 0.0882. The summed E-state index contributed by atoms with van der Waals surface area (Å²) in [6, 6.07) is 14.1. The van der Waals surface area contributed by atoms with Gasteiger partial charge in [-0.1, -0.05) is 35.3 Å². The number of carbonyl (C=O) groups is 1. The molecule has 0 aliphatic heterocycles. The zero-order valence-electron chi connectivity index (χ0n) is 27.2. The Labute approximate surface area is 290 Å². The molecule has 2 aromatic carbocycles. The maximum atomic E-state index is 14.6. The number of hydrogen-bond acceptors (Lipinski definition) is 13. The van der Waals surface area contributed by atoms with Crippen LogP contribution in [0.4, 0.5) is 26.3 Å². The molecule has 0 amide bonds. The van der Waals surface area contributed by atoms with E-state index in [0.717, 1.165) is 15.8 Å². The first-order chi connectivity index (χ1) is 23.6. The first-order valence-corrected chi connectivity index (χ1v) is 17.1. The summed E-state index contributed by atoms with van der Waals surface area (Å²) in [5, 5.41) is 42.5. The van der Waals surface area contributed by atoms with E-state index < -0.39 is 24.5 Å². The van der Waals surface area contributed by atoms with Gasteiger partial charge in [-0.2, -0.15) is 0 Å². The van der Waals surface area contributed by atoms with Crippen molar-refractivity contribution in [2.24, 2.45) is 0 Å². The van der Waals surface area contributed by atoms with Crippen LogP contribution in [0.15, 0.2) is 48.5 Å². The smallest absolute Gasteiger partial charge is 0.355 e. The van der Waals surface area contributed by atoms with Gasteiger partial charge >= 0.3 is 5.97 Å². The first kappa shape index (κ1) is 35.6. The molecule has 0 saturated carbocycles. The van der Waals surface area contributed by atoms with Crippen molar-refractivity contribution < 1.29 is 29.2 Å². The Morgan fingerprint density at radius 3 is 2.65 bits per heavy atom. The monoisotopic (exact) mass is 705 g/mol. The van der Waals surface area contributed by atoms with Crippen molar-refractivity contribution in [2.45, 2.75) is 32.3 Å². The number of fused-ring (bicyclic) bond motifs is 1. The van der Waals surface area contributed by atoms with E-state index >= 15 is 0 Å². The van der Waals surface area contributed by atoms with Crippen molar-refractivity contribution in [1.82, 2.24) is 25.1 Å². The maximum Gasteiger partial charge on any atom is 0.355 e. The summed E-state index contributed by atoms with van der Waals surface area (Å²) in [5.41, 5.74) is 2.06. The van der Waals surface area contributed by atoms with Crippen LogP contribution in [-0.2, 0) is 6.42 Å². The number of aliphatic hydroxyl groups is 2. The number of benzene rings is 2. The molecule has 3 heterocycles. The van der Waals surface area contributed by atoms with E-state index in [1.807, 2.05) is 50.2 Å². The van der Waals surface area contributed by atoms with E-state index in [2.05, 4.69) is 37.3 Å². The van der Waals surface area contributed by atoms with E-state index in [-0.39, 0.29) is 31.0 Å². The lowest BCUT2D eigenvalue weighted by Crippen LogP contribution is -2.25. The van der Waals surface area contributed by atoms with Crippen LogP contribution >= 0.6 is 22.7 Å². The molecule has 0 fully saturated rings. The largest absolute Gasteiger partial charge is 0.491 e. The number of hydrogen-bond donors (Lipinski definition) is 4. The van der Waals surface area contributed by atoms with E-state index in [0.29, 0.717) is 51.7 Å². The summed E-state index contributed by atoms with van der Waals surface area (Å²) in [6.45, 7) is 2.32. The van der Waals surface area contributed by atoms with Crippen LogP contribution in [0.1, 0.15) is 39.3 Å². The predicted molar refractivity (Wildman–Crippen MR) is 189 cm³/mol. The molecule has 12 nitrogen and oxygen atoms in total. The third kappa shape index (κ3) is 9.46. The Bertz CT molecular complexity index is 1940. The second kappa shape index (κ2) is 16.6. The quantitative estimate of drug-likeness (QED) is 0.0831. The molecule has 15 heteroatoms. The highest BCUT2D eigenvalue weighted by Gasteiger charge is 2.24. The minimum atomic E-state index is -1.19. The van der Waals surface area contributed by atoms with Gasteiger partial charge < -0.3 is 30.3 Å². The number of aryl methyl sites for hydroxylation is 2. The van der Waals surface area contributed by atoms with E-state index in [1.165, 1.54) is 34.8 Å². The molecule has 0 saturated heterocycles. The number of carboxylic acids is 1. The first-order valence-electron chi connectivity index (χ1n) is 15.4. The number of anilines is 4. The standard InChI is InChI=1S/C34H36FN7O5S2/c1-21-18-29(39-40-31(21)38-33-36-25-9-4-5-10-27(25)48-33)42(16-14-23(44)20-43)34-37-30(32(45)46)28(49-34)11-7-17-47-26-13-12-22(19-24(26)35)8-6-15-41(2)3/h4-5,9-10,12-13,18-19,23,43-44H,7,11,14-17,20H2,1-3H3,(H,45,46)(H,36,38,40). The molecule has 1 unspecified atom stereocenters. The fourth-order valence-electron chi connectivity index (χ4n) is 4.63. The van der Waals surface area contributed by atoms with Crippen LogP contribution in [-0.4, -0.2) is 92.9 Å². The average molecular weight is 706 g/mol. The minimum Gasteiger partial charge on any atom is -0.491 e. The third-order valence-electron chi connectivity index (χ3n) is 7.15. The van der Waals surface area contributed by atoms with Crippen molar-refractivity contribution >= 4 is 60.8 Å². The second-order valence-electron chi connectivity index (χ2n) is 11.3. The highest BCUT2D eigenvalue weighted by atomic mass is 32.1. The van der Waals surface area contributed by atoms with Crippen molar-refractivity contribution in [3.05, 3.63) is 76.0 Å². The van der Waals surface area contributed by atoms with Crippen molar-refractivity contribution in [1.29, 1.82) is 0 Å². The Morgan fingerprint density at radius 2 is 1.94 bits per heavy atom. The number of aromatic carboxylic acids is 1. The van der Waals surface area contributed by atoms with Gasteiger partial charge in [0.1, 0.15) is 0 Å². The zero-order chi connectivity index (χ0) is 34.9. The fourth-order valence-corrected chi connectivity index (χ4v) is 6.63. The highest BCUT2D eigenvalue weighted by molar-refractivity contribution is 7.22. The lowest BCUT2D eigenvalue weighted by atomic mass is 10.2. The number of nitrogens with zero attached hydrogens (tertiary/aromatic N) is 6. The number of para-hydroxylation sites is 1. The van der Waals surface area contributed by atoms with Crippen LogP contribution in [0.3, 0.4) is 0 Å². The average Bonchev–Trinajstić information content (AvgIpc) is 3.69. The molecule has 5 aromatic rings. The van der Waals surface area contributed by atoms with Crippen LogP contribution in [0.25, 0.3) is 10.2 Å². The van der Waals surface area contributed by atoms with Gasteiger partial charge in [0, 0.05) is 17.0 Å². The molecule has 256 valence electrons. The number of halogens is 1. The lowest BCUT2D eigenvalue weighted by molar-refractivity contribution is 0.0690. The summed E-state index contributed by atoms with van der Waals surface area (Å²) < 4.78 is 21.3. The van der Waals surface area contributed by atoms with Crippen LogP contribution in [0, 0.1) is 24.6 Å². The molecule has 4 N–H and O–H groups in total. The molecular weight excluding hydrogens is 670 g/mol. The third-order valence-corrected chi connectivity index (χ3v) is 9.24. The highest BCUT2D eigenvalue weighted by Crippen LogP contribution is 2.34. The zero-order valence-corrected chi connectivity index (χ0v) is 28.8. The summed E-state index contributed by atoms with van der Waals surface area (Å²) in [6.07, 6.45) is -0.107.